The molecule has 7 nitrogen and oxygen atoms in total. The van der Waals surface area contributed by atoms with E-state index in [9.17, 15) is 9.59 Å². The minimum absolute atomic E-state index is 0.0841. The van der Waals surface area contributed by atoms with Crippen LogP contribution in [0.1, 0.15) is 88.1 Å². The van der Waals surface area contributed by atoms with Crippen molar-refractivity contribution in [3.8, 4) is 5.69 Å². The van der Waals surface area contributed by atoms with Crippen molar-refractivity contribution in [2.45, 2.75) is 104 Å². The van der Waals surface area contributed by atoms with E-state index in [0.29, 0.717) is 12.5 Å². The predicted molar refractivity (Wildman–Crippen MR) is 155 cm³/mol. The molecular formula is C32H47N5O2. The molecule has 1 N–H and O–H groups in total. The zero-order valence-electron chi connectivity index (χ0n) is 24.2. The molecule has 2 saturated heterocycles. The standard InChI is InChI=1S/C32H47N5O2/c1-4-5-18-36-30(31(38)33-29(32(36)39)21-25-12-8-6-9-13-25)26-16-19-35(20-17-26)22-28-23(2)34-37(24(28)3)27-14-10-7-11-15-27/h7,10-11,14-15,25-26,29-30H,4-6,8-9,12-13,16-22H2,1-3H3,(H,33,38)/t29-,30-/m0/s1. The number of piperidine rings is 1. The SMILES string of the molecule is CCCCN1C(=O)[C@H](CC2CCCCC2)NC(=O)[C@@H]1C1CCN(Cc2c(C)nn(-c3ccccc3)c2C)CC1. The fraction of sp³-hybridized carbons (Fsp3) is 0.656. The van der Waals surface area contributed by atoms with Crippen LogP contribution < -0.4 is 5.32 Å². The van der Waals surface area contributed by atoms with Crippen LogP contribution in [0.3, 0.4) is 0 Å². The first-order chi connectivity index (χ1) is 19.0. The number of likely N-dealkylation sites (tertiary alicyclic amines) is 1. The molecule has 2 atom stereocenters. The first kappa shape index (κ1) is 27.9. The van der Waals surface area contributed by atoms with Gasteiger partial charge in [-0.25, -0.2) is 4.68 Å². The van der Waals surface area contributed by atoms with Gasteiger partial charge >= 0.3 is 0 Å². The van der Waals surface area contributed by atoms with Crippen LogP contribution in [0.15, 0.2) is 30.3 Å². The number of para-hydroxylation sites is 1. The van der Waals surface area contributed by atoms with E-state index in [2.05, 4.69) is 43.1 Å². The first-order valence-electron chi connectivity index (χ1n) is 15.4. The average Bonchev–Trinajstić information content (AvgIpc) is 3.24. The number of hydrogen-bond donors (Lipinski definition) is 1. The highest BCUT2D eigenvalue weighted by Crippen LogP contribution is 2.32. The summed E-state index contributed by atoms with van der Waals surface area (Å²) in [6, 6.07) is 9.65. The number of unbranched alkanes of at least 4 members (excludes halogenated alkanes) is 1. The summed E-state index contributed by atoms with van der Waals surface area (Å²) in [5, 5.41) is 8.03. The third-order valence-corrected chi connectivity index (χ3v) is 9.45. The van der Waals surface area contributed by atoms with Crippen LogP contribution in [0.25, 0.3) is 5.69 Å². The van der Waals surface area contributed by atoms with Crippen LogP contribution in [0.5, 0.6) is 0 Å². The van der Waals surface area contributed by atoms with Crippen molar-refractivity contribution in [1.82, 2.24) is 24.9 Å². The molecule has 0 unspecified atom stereocenters. The number of benzene rings is 1. The molecule has 0 spiro atoms. The van der Waals surface area contributed by atoms with E-state index in [4.69, 9.17) is 5.10 Å². The summed E-state index contributed by atoms with van der Waals surface area (Å²) in [6.07, 6.45) is 10.9. The Balaban J connectivity index is 1.23. The Morgan fingerprint density at radius 3 is 2.38 bits per heavy atom. The molecule has 3 heterocycles. The van der Waals surface area contributed by atoms with Crippen molar-refractivity contribution in [3.05, 3.63) is 47.3 Å². The lowest BCUT2D eigenvalue weighted by molar-refractivity contribution is -0.153. The molecule has 1 aromatic carbocycles. The smallest absolute Gasteiger partial charge is 0.245 e. The second kappa shape index (κ2) is 12.7. The molecule has 2 aromatic rings. The molecule has 0 bridgehead atoms. The second-order valence-electron chi connectivity index (χ2n) is 12.1. The maximum absolute atomic E-state index is 13.7. The molecule has 212 valence electrons. The topological polar surface area (TPSA) is 70.5 Å². The van der Waals surface area contributed by atoms with E-state index in [1.807, 2.05) is 27.8 Å². The molecule has 39 heavy (non-hydrogen) atoms. The maximum Gasteiger partial charge on any atom is 0.245 e. The molecule has 1 aliphatic carbocycles. The van der Waals surface area contributed by atoms with Crippen LogP contribution in [-0.2, 0) is 16.1 Å². The van der Waals surface area contributed by atoms with E-state index in [1.165, 1.54) is 43.4 Å². The Morgan fingerprint density at radius 2 is 1.69 bits per heavy atom. The summed E-state index contributed by atoms with van der Waals surface area (Å²) in [5.74, 6) is 1.03. The van der Waals surface area contributed by atoms with Crippen molar-refractivity contribution in [3.63, 3.8) is 0 Å². The molecule has 2 aliphatic heterocycles. The maximum atomic E-state index is 13.7. The van der Waals surface area contributed by atoms with Gasteiger partial charge in [-0.2, -0.15) is 5.10 Å². The lowest BCUT2D eigenvalue weighted by Crippen LogP contribution is -2.66. The van der Waals surface area contributed by atoms with Gasteiger partial charge in [-0.15, -0.1) is 0 Å². The number of hydrogen-bond acceptors (Lipinski definition) is 4. The lowest BCUT2D eigenvalue weighted by Gasteiger charge is -2.45. The van der Waals surface area contributed by atoms with Gasteiger partial charge < -0.3 is 10.2 Å². The van der Waals surface area contributed by atoms with E-state index in [1.54, 1.807) is 0 Å². The summed E-state index contributed by atoms with van der Waals surface area (Å²) >= 11 is 0. The van der Waals surface area contributed by atoms with Crippen LogP contribution in [0, 0.1) is 25.7 Å². The minimum atomic E-state index is -0.333. The molecule has 2 amide bonds. The highest BCUT2D eigenvalue weighted by atomic mass is 16.2. The highest BCUT2D eigenvalue weighted by Gasteiger charge is 2.45. The van der Waals surface area contributed by atoms with Gasteiger partial charge in [0.25, 0.3) is 0 Å². The number of nitrogens with one attached hydrogen (secondary N) is 1. The number of aromatic nitrogens is 2. The van der Waals surface area contributed by atoms with Gasteiger partial charge in [0, 0.05) is 24.3 Å². The monoisotopic (exact) mass is 533 g/mol. The molecule has 3 aliphatic rings. The van der Waals surface area contributed by atoms with Gasteiger partial charge in [0.15, 0.2) is 0 Å². The molecule has 0 radical (unpaired) electrons. The average molecular weight is 534 g/mol. The van der Waals surface area contributed by atoms with Gasteiger partial charge in [-0.05, 0) is 76.6 Å². The third-order valence-electron chi connectivity index (χ3n) is 9.45. The van der Waals surface area contributed by atoms with Crippen molar-refractivity contribution >= 4 is 11.8 Å². The zero-order chi connectivity index (χ0) is 27.4. The Morgan fingerprint density at radius 1 is 0.974 bits per heavy atom. The molecular weight excluding hydrogens is 486 g/mol. The normalized spacial score (nSPS) is 23.8. The summed E-state index contributed by atoms with van der Waals surface area (Å²) in [7, 11) is 0. The number of piperazine rings is 1. The van der Waals surface area contributed by atoms with Gasteiger partial charge in [0.1, 0.15) is 12.1 Å². The minimum Gasteiger partial charge on any atom is -0.342 e. The highest BCUT2D eigenvalue weighted by molar-refractivity contribution is 5.97. The molecule has 1 aromatic heterocycles. The van der Waals surface area contributed by atoms with Crippen molar-refractivity contribution in [1.29, 1.82) is 0 Å². The molecule has 5 rings (SSSR count). The van der Waals surface area contributed by atoms with Crippen molar-refractivity contribution in [2.24, 2.45) is 11.8 Å². The summed E-state index contributed by atoms with van der Waals surface area (Å²) in [5.41, 5.74) is 4.64. The number of carbonyl (C=O) groups excluding carboxylic acids is 2. The zero-order valence-corrected chi connectivity index (χ0v) is 24.2. The predicted octanol–water partition coefficient (Wildman–Crippen LogP) is 5.17. The van der Waals surface area contributed by atoms with Crippen LogP contribution in [-0.4, -0.2) is 63.1 Å². The van der Waals surface area contributed by atoms with Gasteiger partial charge in [-0.3, -0.25) is 14.5 Å². The van der Waals surface area contributed by atoms with Crippen LogP contribution in [0.4, 0.5) is 0 Å². The van der Waals surface area contributed by atoms with E-state index >= 15 is 0 Å². The van der Waals surface area contributed by atoms with Gasteiger partial charge in [0.05, 0.1) is 11.4 Å². The fourth-order valence-electron chi connectivity index (χ4n) is 7.13. The Kier molecular flexibility index (Phi) is 9.06. The molecule has 7 heteroatoms. The van der Waals surface area contributed by atoms with Crippen LogP contribution >= 0.6 is 0 Å². The Bertz CT molecular complexity index is 1120. The largest absolute Gasteiger partial charge is 0.342 e. The van der Waals surface area contributed by atoms with Crippen LogP contribution in [0.2, 0.25) is 0 Å². The third kappa shape index (κ3) is 6.24. The number of amides is 2. The summed E-state index contributed by atoms with van der Waals surface area (Å²) in [4.78, 5) is 31.7. The molecule has 1 saturated carbocycles. The first-order valence-corrected chi connectivity index (χ1v) is 15.4. The van der Waals surface area contributed by atoms with Gasteiger partial charge in [0.2, 0.25) is 11.8 Å². The van der Waals surface area contributed by atoms with Crippen molar-refractivity contribution < 1.29 is 9.59 Å². The van der Waals surface area contributed by atoms with E-state index in [-0.39, 0.29) is 29.8 Å². The second-order valence-corrected chi connectivity index (χ2v) is 12.1. The summed E-state index contributed by atoms with van der Waals surface area (Å²) < 4.78 is 2.05. The Hall–Kier alpha value is -2.67. The quantitative estimate of drug-likeness (QED) is 0.483. The number of rotatable bonds is 9. The van der Waals surface area contributed by atoms with Crippen molar-refractivity contribution in [2.75, 3.05) is 19.6 Å². The van der Waals surface area contributed by atoms with Gasteiger partial charge in [-0.1, -0.05) is 63.6 Å². The number of nitrogens with zero attached hydrogens (tertiary/aromatic N) is 4. The fourth-order valence-corrected chi connectivity index (χ4v) is 7.13. The number of carbonyl (C=O) groups is 2. The van der Waals surface area contributed by atoms with E-state index in [0.717, 1.165) is 63.1 Å². The molecule has 3 fully saturated rings. The lowest BCUT2D eigenvalue weighted by atomic mass is 9.82. The number of aryl methyl sites for hydroxylation is 1. The summed E-state index contributed by atoms with van der Waals surface area (Å²) in [6.45, 7) is 9.86. The Labute approximate surface area is 234 Å². The van der Waals surface area contributed by atoms with E-state index < -0.39 is 0 Å².